The number of anilines is 1. The smallest absolute Gasteiger partial charge is 0.142 e. The Morgan fingerprint density at radius 1 is 1.29 bits per heavy atom. The van der Waals surface area contributed by atoms with Crippen molar-refractivity contribution in [3.63, 3.8) is 0 Å². The summed E-state index contributed by atoms with van der Waals surface area (Å²) in [5.41, 5.74) is 1.59. The maximum atomic E-state index is 13.3. The molecule has 21 heavy (non-hydrogen) atoms. The van der Waals surface area contributed by atoms with Crippen molar-refractivity contribution in [2.24, 2.45) is 0 Å². The van der Waals surface area contributed by atoms with E-state index in [9.17, 15) is 4.39 Å². The summed E-state index contributed by atoms with van der Waals surface area (Å²) in [6.45, 7) is 2.89. The third-order valence-corrected chi connectivity index (χ3v) is 3.11. The first-order valence-corrected chi connectivity index (χ1v) is 6.86. The van der Waals surface area contributed by atoms with Crippen LogP contribution in [0.3, 0.4) is 0 Å². The first kappa shape index (κ1) is 15.1. The monoisotopic (exact) mass is 304 g/mol. The summed E-state index contributed by atoms with van der Waals surface area (Å²) in [5.74, 6) is 0.184. The van der Waals surface area contributed by atoms with E-state index in [1.54, 1.807) is 24.3 Å². The lowest BCUT2D eigenvalue weighted by Gasteiger charge is -2.13. The van der Waals surface area contributed by atoms with Gasteiger partial charge in [0.05, 0.1) is 17.9 Å². The fraction of sp³-hybridized carbons (Fsp3) is 0.188. The van der Waals surface area contributed by atoms with Gasteiger partial charge in [-0.3, -0.25) is 0 Å². The maximum Gasteiger partial charge on any atom is 0.142 e. The summed E-state index contributed by atoms with van der Waals surface area (Å²) in [6.07, 6.45) is 0. The molecule has 108 valence electrons. The molecule has 0 saturated carbocycles. The Morgan fingerprint density at radius 2 is 2.10 bits per heavy atom. The molecule has 0 amide bonds. The van der Waals surface area contributed by atoms with Gasteiger partial charge in [-0.1, -0.05) is 17.7 Å². The topological polar surface area (TPSA) is 45.0 Å². The van der Waals surface area contributed by atoms with Gasteiger partial charge in [-0.2, -0.15) is 5.26 Å². The number of nitrogens with one attached hydrogen (secondary N) is 1. The van der Waals surface area contributed by atoms with E-state index in [0.29, 0.717) is 23.9 Å². The van der Waals surface area contributed by atoms with Crippen LogP contribution in [-0.4, -0.2) is 6.61 Å². The van der Waals surface area contributed by atoms with E-state index in [4.69, 9.17) is 21.6 Å². The molecule has 0 aliphatic carbocycles. The summed E-state index contributed by atoms with van der Waals surface area (Å²) in [6, 6.07) is 11.6. The Kier molecular flexibility index (Phi) is 5.02. The van der Waals surface area contributed by atoms with Crippen molar-refractivity contribution in [1.29, 1.82) is 5.26 Å². The zero-order valence-corrected chi connectivity index (χ0v) is 12.2. The van der Waals surface area contributed by atoms with Crippen molar-refractivity contribution in [1.82, 2.24) is 0 Å². The van der Waals surface area contributed by atoms with Gasteiger partial charge in [0.1, 0.15) is 17.6 Å². The molecular formula is C16H14ClFN2O. The van der Waals surface area contributed by atoms with E-state index < -0.39 is 5.82 Å². The Balaban J connectivity index is 2.16. The van der Waals surface area contributed by atoms with Crippen molar-refractivity contribution in [2.45, 2.75) is 13.5 Å². The van der Waals surface area contributed by atoms with Gasteiger partial charge < -0.3 is 10.1 Å². The van der Waals surface area contributed by atoms with Crippen LogP contribution in [0.25, 0.3) is 0 Å². The molecule has 0 saturated heterocycles. The predicted octanol–water partition coefficient (Wildman–Crippen LogP) is 4.36. The van der Waals surface area contributed by atoms with Gasteiger partial charge in [-0.15, -0.1) is 0 Å². The molecular weight excluding hydrogens is 291 g/mol. The van der Waals surface area contributed by atoms with Gasteiger partial charge in [0.15, 0.2) is 0 Å². The number of halogens is 2. The van der Waals surface area contributed by atoms with E-state index in [1.165, 1.54) is 12.1 Å². The van der Waals surface area contributed by atoms with Gasteiger partial charge in [0.2, 0.25) is 0 Å². The molecule has 2 aromatic carbocycles. The van der Waals surface area contributed by atoms with E-state index in [-0.39, 0.29) is 5.56 Å². The molecule has 0 aliphatic heterocycles. The zero-order chi connectivity index (χ0) is 15.2. The van der Waals surface area contributed by atoms with E-state index in [1.807, 2.05) is 13.0 Å². The van der Waals surface area contributed by atoms with Crippen LogP contribution >= 0.6 is 11.6 Å². The lowest BCUT2D eigenvalue weighted by atomic mass is 10.1. The molecule has 0 spiro atoms. The fourth-order valence-corrected chi connectivity index (χ4v) is 2.06. The number of rotatable bonds is 5. The highest BCUT2D eigenvalue weighted by atomic mass is 35.5. The summed E-state index contributed by atoms with van der Waals surface area (Å²) >= 11 is 5.98. The third kappa shape index (κ3) is 3.87. The van der Waals surface area contributed by atoms with Crippen LogP contribution in [0.4, 0.5) is 10.1 Å². The first-order chi connectivity index (χ1) is 10.1. The van der Waals surface area contributed by atoms with E-state index in [0.717, 1.165) is 11.3 Å². The lowest BCUT2D eigenvalue weighted by molar-refractivity contribution is 0.341. The van der Waals surface area contributed by atoms with Crippen LogP contribution in [0, 0.1) is 17.1 Å². The van der Waals surface area contributed by atoms with Gasteiger partial charge in [-0.25, -0.2) is 4.39 Å². The number of ether oxygens (including phenoxy) is 1. The van der Waals surface area contributed by atoms with Gasteiger partial charge in [0.25, 0.3) is 0 Å². The number of nitriles is 1. The number of hydrogen-bond donors (Lipinski definition) is 1. The van der Waals surface area contributed by atoms with Crippen molar-refractivity contribution in [2.75, 3.05) is 11.9 Å². The van der Waals surface area contributed by atoms with Crippen LogP contribution in [0.1, 0.15) is 18.1 Å². The highest BCUT2D eigenvalue weighted by molar-refractivity contribution is 6.30. The van der Waals surface area contributed by atoms with E-state index >= 15 is 0 Å². The predicted molar refractivity (Wildman–Crippen MR) is 81.1 cm³/mol. The quantitative estimate of drug-likeness (QED) is 0.892. The van der Waals surface area contributed by atoms with E-state index in [2.05, 4.69) is 5.32 Å². The largest absolute Gasteiger partial charge is 0.492 e. The minimum atomic E-state index is -0.515. The Bertz CT molecular complexity index is 682. The van der Waals surface area contributed by atoms with Crippen molar-refractivity contribution >= 4 is 17.3 Å². The molecule has 0 heterocycles. The summed E-state index contributed by atoms with van der Waals surface area (Å²) < 4.78 is 18.8. The molecule has 0 bridgehead atoms. The van der Waals surface area contributed by atoms with Crippen molar-refractivity contribution < 1.29 is 9.13 Å². The van der Waals surface area contributed by atoms with Gasteiger partial charge in [0, 0.05) is 11.6 Å². The first-order valence-electron chi connectivity index (χ1n) is 6.48. The molecule has 1 N–H and O–H groups in total. The number of hydrogen-bond acceptors (Lipinski definition) is 3. The molecule has 0 atom stereocenters. The summed E-state index contributed by atoms with van der Waals surface area (Å²) in [7, 11) is 0. The second kappa shape index (κ2) is 6.96. The minimum absolute atomic E-state index is 0.0328. The maximum absolute atomic E-state index is 13.3. The number of benzene rings is 2. The van der Waals surface area contributed by atoms with Crippen LogP contribution in [0.2, 0.25) is 5.02 Å². The van der Waals surface area contributed by atoms with Crippen molar-refractivity contribution in [3.05, 3.63) is 58.4 Å². The average Bonchev–Trinajstić information content (AvgIpc) is 2.49. The summed E-state index contributed by atoms with van der Waals surface area (Å²) in [4.78, 5) is 0. The molecule has 3 nitrogen and oxygen atoms in total. The van der Waals surface area contributed by atoms with Crippen LogP contribution in [-0.2, 0) is 6.54 Å². The molecule has 0 aliphatic rings. The third-order valence-electron chi connectivity index (χ3n) is 2.88. The average molecular weight is 305 g/mol. The normalized spacial score (nSPS) is 10.0. The van der Waals surface area contributed by atoms with Crippen LogP contribution in [0.15, 0.2) is 36.4 Å². The molecule has 0 fully saturated rings. The molecule has 2 aromatic rings. The second-order valence-corrected chi connectivity index (χ2v) is 4.79. The highest BCUT2D eigenvalue weighted by Gasteiger charge is 2.06. The number of nitrogens with zero attached hydrogens (tertiary/aromatic N) is 1. The molecule has 0 unspecified atom stereocenters. The zero-order valence-electron chi connectivity index (χ0n) is 11.5. The fourth-order valence-electron chi connectivity index (χ4n) is 1.89. The minimum Gasteiger partial charge on any atom is -0.492 e. The van der Waals surface area contributed by atoms with Crippen LogP contribution < -0.4 is 10.1 Å². The Labute approximate surface area is 127 Å². The summed E-state index contributed by atoms with van der Waals surface area (Å²) in [5, 5.41) is 12.6. The van der Waals surface area contributed by atoms with Gasteiger partial charge in [-0.05, 0) is 42.8 Å². The lowest BCUT2D eigenvalue weighted by Crippen LogP contribution is -2.03. The van der Waals surface area contributed by atoms with Crippen LogP contribution in [0.5, 0.6) is 5.75 Å². The molecule has 0 radical (unpaired) electrons. The SMILES string of the molecule is CCOc1ccc(Cl)cc1NCc1ccc(F)c(C#N)c1. The Morgan fingerprint density at radius 3 is 2.81 bits per heavy atom. The molecule has 5 heteroatoms. The van der Waals surface area contributed by atoms with Crippen molar-refractivity contribution in [3.8, 4) is 11.8 Å². The Hall–Kier alpha value is -2.25. The standard InChI is InChI=1S/C16H14ClFN2O/c1-2-21-16-6-4-13(17)8-15(16)20-10-11-3-5-14(18)12(7-11)9-19/h3-8,20H,2,10H2,1H3. The second-order valence-electron chi connectivity index (χ2n) is 4.35. The molecule has 0 aromatic heterocycles. The van der Waals surface area contributed by atoms with Gasteiger partial charge >= 0.3 is 0 Å². The highest BCUT2D eigenvalue weighted by Crippen LogP contribution is 2.28. The molecule has 2 rings (SSSR count).